The molecule has 13 heavy (non-hydrogen) atoms. The van der Waals surface area contributed by atoms with Crippen LogP contribution in [0.4, 0.5) is 0 Å². The van der Waals surface area contributed by atoms with Gasteiger partial charge in [-0.05, 0) is 19.4 Å². The van der Waals surface area contributed by atoms with E-state index in [0.717, 1.165) is 6.42 Å². The molecular weight excluding hydrogens is 166 g/mol. The lowest BCUT2D eigenvalue weighted by molar-refractivity contribution is -0.122. The van der Waals surface area contributed by atoms with Crippen LogP contribution in [-0.4, -0.2) is 18.2 Å². The number of carbonyl (C=O) groups excluding carboxylic acids is 1. The Morgan fingerprint density at radius 1 is 1.85 bits per heavy atom. The maximum absolute atomic E-state index is 10.9. The number of allylic oxidation sites excluding steroid dienone is 1. The Bertz CT molecular complexity index is 258. The fourth-order valence-corrected chi connectivity index (χ4v) is 1.25. The number of carbonyl (C=O) groups is 1. The van der Waals surface area contributed by atoms with Gasteiger partial charge >= 0.3 is 0 Å². The van der Waals surface area contributed by atoms with E-state index in [1.807, 2.05) is 19.9 Å². The molecule has 3 N–H and O–H groups in total. The molecule has 0 spiro atoms. The zero-order valence-electron chi connectivity index (χ0n) is 7.95. The summed E-state index contributed by atoms with van der Waals surface area (Å²) in [5, 5.41) is 3.95. The van der Waals surface area contributed by atoms with E-state index in [4.69, 9.17) is 5.73 Å². The molecule has 1 aliphatic heterocycles. The van der Waals surface area contributed by atoms with E-state index in [9.17, 15) is 4.79 Å². The van der Waals surface area contributed by atoms with Gasteiger partial charge in [-0.3, -0.25) is 4.79 Å². The Morgan fingerprint density at radius 3 is 3.15 bits per heavy atom. The highest BCUT2D eigenvalue weighted by molar-refractivity contribution is 5.77. The second kappa shape index (κ2) is 4.07. The highest BCUT2D eigenvalue weighted by Gasteiger charge is 2.22. The normalized spacial score (nSPS) is 24.2. The Hall–Kier alpha value is -1.32. The number of hydrogen-bond donors (Lipinski definition) is 2. The Labute approximate surface area is 77.9 Å². The highest BCUT2D eigenvalue weighted by Crippen LogP contribution is 2.13. The van der Waals surface area contributed by atoms with Crippen LogP contribution in [0.25, 0.3) is 0 Å². The van der Waals surface area contributed by atoms with Crippen molar-refractivity contribution < 1.29 is 4.79 Å². The smallest absolute Gasteiger partial charge is 0.222 e. The lowest BCUT2D eigenvalue weighted by Crippen LogP contribution is -2.38. The summed E-state index contributed by atoms with van der Waals surface area (Å²) in [6, 6.07) is 0.0208. The molecule has 0 aromatic carbocycles. The molecule has 1 amide bonds. The van der Waals surface area contributed by atoms with Crippen LogP contribution in [0.5, 0.6) is 0 Å². The van der Waals surface area contributed by atoms with Crippen LogP contribution in [0.1, 0.15) is 20.3 Å². The van der Waals surface area contributed by atoms with Crippen molar-refractivity contribution in [3.8, 4) is 0 Å². The molecule has 0 saturated carbocycles. The van der Waals surface area contributed by atoms with Crippen LogP contribution >= 0.6 is 0 Å². The van der Waals surface area contributed by atoms with E-state index in [0.29, 0.717) is 0 Å². The first kappa shape index (κ1) is 9.77. The Balaban J connectivity index is 2.66. The van der Waals surface area contributed by atoms with Gasteiger partial charge in [-0.1, -0.05) is 12.5 Å². The second-order valence-electron chi connectivity index (χ2n) is 3.42. The molecule has 4 heteroatoms. The molecule has 0 saturated heterocycles. The molecule has 1 unspecified atom stereocenters. The van der Waals surface area contributed by atoms with E-state index in [1.54, 1.807) is 6.21 Å². The van der Waals surface area contributed by atoms with Gasteiger partial charge in [-0.25, -0.2) is 0 Å². The average molecular weight is 181 g/mol. The third-order valence-electron chi connectivity index (χ3n) is 2.27. The lowest BCUT2D eigenvalue weighted by Gasteiger charge is -2.20. The zero-order valence-corrected chi connectivity index (χ0v) is 7.95. The van der Waals surface area contributed by atoms with Crippen molar-refractivity contribution in [3.05, 3.63) is 11.6 Å². The minimum atomic E-state index is -0.289. The van der Waals surface area contributed by atoms with E-state index in [-0.39, 0.29) is 17.9 Å². The molecule has 0 bridgehead atoms. The standard InChI is InChI=1S/C9H15N3O/c1-6-3-4-11-12-8(5-6)7(2)9(10)13/h3-4,7-8,12H,5H2,1-2H3,(H2,10,13)/t7-,8?/m1/s1. The fraction of sp³-hybridized carbons (Fsp3) is 0.556. The van der Waals surface area contributed by atoms with Gasteiger partial charge in [0, 0.05) is 6.21 Å². The van der Waals surface area contributed by atoms with Crippen LogP contribution in [0.2, 0.25) is 0 Å². The molecular formula is C9H15N3O. The van der Waals surface area contributed by atoms with Crippen molar-refractivity contribution in [2.75, 3.05) is 0 Å². The summed E-state index contributed by atoms with van der Waals surface area (Å²) in [5.74, 6) is -0.485. The van der Waals surface area contributed by atoms with Gasteiger partial charge < -0.3 is 11.2 Å². The number of amides is 1. The molecule has 0 fully saturated rings. The molecule has 72 valence electrons. The van der Waals surface area contributed by atoms with Gasteiger partial charge in [0.05, 0.1) is 12.0 Å². The number of nitrogens with zero attached hydrogens (tertiary/aromatic N) is 1. The van der Waals surface area contributed by atoms with Crippen molar-refractivity contribution in [1.29, 1.82) is 0 Å². The van der Waals surface area contributed by atoms with E-state index in [1.165, 1.54) is 5.57 Å². The molecule has 1 heterocycles. The van der Waals surface area contributed by atoms with Crippen LogP contribution in [0, 0.1) is 5.92 Å². The number of nitrogens with two attached hydrogens (primary N) is 1. The lowest BCUT2D eigenvalue weighted by atomic mass is 9.96. The monoisotopic (exact) mass is 181 g/mol. The maximum Gasteiger partial charge on any atom is 0.222 e. The predicted octanol–water partition coefficient (Wildman–Crippen LogP) is 0.402. The molecule has 0 aromatic heterocycles. The number of hydrogen-bond acceptors (Lipinski definition) is 3. The summed E-state index contributed by atoms with van der Waals surface area (Å²) in [6.45, 7) is 3.83. The van der Waals surface area contributed by atoms with Gasteiger partial charge in [-0.2, -0.15) is 5.10 Å². The van der Waals surface area contributed by atoms with E-state index < -0.39 is 0 Å². The summed E-state index contributed by atoms with van der Waals surface area (Å²) >= 11 is 0. The average Bonchev–Trinajstić information content (AvgIpc) is 2.28. The molecule has 1 aliphatic rings. The quantitative estimate of drug-likeness (QED) is 0.647. The summed E-state index contributed by atoms with van der Waals surface area (Å²) in [6.07, 6.45) is 4.44. The summed E-state index contributed by atoms with van der Waals surface area (Å²) < 4.78 is 0. The number of primary amides is 1. The Morgan fingerprint density at radius 2 is 2.54 bits per heavy atom. The summed E-state index contributed by atoms with van der Waals surface area (Å²) in [5.41, 5.74) is 9.32. The first-order chi connectivity index (χ1) is 6.11. The number of rotatable bonds is 2. The zero-order chi connectivity index (χ0) is 9.84. The van der Waals surface area contributed by atoms with Crippen LogP contribution in [-0.2, 0) is 4.79 Å². The fourth-order valence-electron chi connectivity index (χ4n) is 1.25. The largest absolute Gasteiger partial charge is 0.369 e. The third kappa shape index (κ3) is 2.57. The van der Waals surface area contributed by atoms with Gasteiger partial charge in [0.1, 0.15) is 0 Å². The van der Waals surface area contributed by atoms with Crippen LogP contribution in [0.3, 0.4) is 0 Å². The maximum atomic E-state index is 10.9. The van der Waals surface area contributed by atoms with Crippen molar-refractivity contribution in [2.24, 2.45) is 16.8 Å². The van der Waals surface area contributed by atoms with Gasteiger partial charge in [0.25, 0.3) is 0 Å². The van der Waals surface area contributed by atoms with Crippen molar-refractivity contribution in [2.45, 2.75) is 26.3 Å². The molecule has 0 aromatic rings. The first-order valence-corrected chi connectivity index (χ1v) is 4.35. The van der Waals surface area contributed by atoms with Crippen molar-refractivity contribution in [1.82, 2.24) is 5.43 Å². The minimum absolute atomic E-state index is 0.0208. The van der Waals surface area contributed by atoms with Gasteiger partial charge in [0.2, 0.25) is 5.91 Å². The molecule has 2 atom stereocenters. The summed E-state index contributed by atoms with van der Waals surface area (Å²) in [7, 11) is 0. The molecule has 0 radical (unpaired) electrons. The summed E-state index contributed by atoms with van der Waals surface area (Å²) in [4.78, 5) is 10.9. The topological polar surface area (TPSA) is 67.5 Å². The first-order valence-electron chi connectivity index (χ1n) is 4.35. The van der Waals surface area contributed by atoms with Gasteiger partial charge in [-0.15, -0.1) is 0 Å². The van der Waals surface area contributed by atoms with Crippen molar-refractivity contribution in [3.63, 3.8) is 0 Å². The second-order valence-corrected chi connectivity index (χ2v) is 3.42. The minimum Gasteiger partial charge on any atom is -0.369 e. The van der Waals surface area contributed by atoms with Gasteiger partial charge in [0.15, 0.2) is 0 Å². The van der Waals surface area contributed by atoms with E-state index in [2.05, 4.69) is 10.5 Å². The number of hydrazone groups is 1. The van der Waals surface area contributed by atoms with E-state index >= 15 is 0 Å². The molecule has 1 rings (SSSR count). The SMILES string of the molecule is CC1=CC=NNC([C@@H](C)C(N)=O)C1. The van der Waals surface area contributed by atoms with Crippen LogP contribution in [0.15, 0.2) is 16.8 Å². The number of nitrogens with one attached hydrogen (secondary N) is 1. The third-order valence-corrected chi connectivity index (χ3v) is 2.27. The van der Waals surface area contributed by atoms with Crippen molar-refractivity contribution >= 4 is 12.1 Å². The van der Waals surface area contributed by atoms with Crippen LogP contribution < -0.4 is 11.2 Å². The molecule has 4 nitrogen and oxygen atoms in total. The Kier molecular flexibility index (Phi) is 3.06. The molecule has 0 aliphatic carbocycles. The highest BCUT2D eigenvalue weighted by atomic mass is 16.1. The predicted molar refractivity (Wildman–Crippen MR) is 52.1 cm³/mol.